The SMILES string of the molecule is CN1CC[N+](C)(C(=O)O)C1=O. The Labute approximate surface area is 64.4 Å². The van der Waals surface area contributed by atoms with Crippen LogP contribution in [0.15, 0.2) is 0 Å². The number of urea groups is 1. The van der Waals surface area contributed by atoms with Crippen molar-refractivity contribution in [2.24, 2.45) is 0 Å². The molecule has 1 heterocycles. The largest absolute Gasteiger partial charge is 0.522 e. The topological polar surface area (TPSA) is 57.6 Å². The summed E-state index contributed by atoms with van der Waals surface area (Å²) in [5.74, 6) is 0. The number of imide groups is 1. The third-order valence-corrected chi connectivity index (χ3v) is 2.05. The molecule has 1 N–H and O–H groups in total. The maximum absolute atomic E-state index is 11.2. The van der Waals surface area contributed by atoms with Crippen molar-refractivity contribution in [3.8, 4) is 0 Å². The zero-order valence-corrected chi connectivity index (χ0v) is 6.57. The molecular formula is C6H11N2O3+. The number of carbonyl (C=O) groups is 2. The Morgan fingerprint density at radius 3 is 2.45 bits per heavy atom. The molecule has 1 aliphatic heterocycles. The number of hydrogen-bond acceptors (Lipinski definition) is 2. The van der Waals surface area contributed by atoms with Crippen LogP contribution in [-0.2, 0) is 0 Å². The van der Waals surface area contributed by atoms with Gasteiger partial charge < -0.3 is 5.11 Å². The van der Waals surface area contributed by atoms with E-state index >= 15 is 0 Å². The second-order valence-electron chi connectivity index (χ2n) is 2.90. The van der Waals surface area contributed by atoms with E-state index in [9.17, 15) is 9.59 Å². The lowest BCUT2D eigenvalue weighted by atomic mass is 10.5. The molecule has 0 aromatic carbocycles. The first-order valence-corrected chi connectivity index (χ1v) is 3.33. The number of carbonyl (C=O) groups excluding carboxylic acids is 1. The molecule has 1 atom stereocenters. The van der Waals surface area contributed by atoms with Gasteiger partial charge in [0.25, 0.3) is 0 Å². The van der Waals surface area contributed by atoms with Crippen LogP contribution in [0.25, 0.3) is 0 Å². The standard InChI is InChI=1S/C6H10N2O3/c1-7-3-4-8(2,5(7)9)6(10)11/h3-4H2,1-2H3/p+1. The average molecular weight is 159 g/mol. The minimum absolute atomic E-state index is 0.350. The fourth-order valence-corrected chi connectivity index (χ4v) is 1.10. The molecule has 1 rings (SSSR count). The Morgan fingerprint density at radius 1 is 1.73 bits per heavy atom. The van der Waals surface area contributed by atoms with Gasteiger partial charge in [0.2, 0.25) is 0 Å². The van der Waals surface area contributed by atoms with Gasteiger partial charge in [-0.3, -0.25) is 4.90 Å². The summed E-state index contributed by atoms with van der Waals surface area (Å²) in [4.78, 5) is 23.2. The highest BCUT2D eigenvalue weighted by atomic mass is 16.4. The van der Waals surface area contributed by atoms with Gasteiger partial charge >= 0.3 is 12.1 Å². The maximum Gasteiger partial charge on any atom is 0.522 e. The predicted octanol–water partition coefficient (Wildman–Crippen LogP) is 0.176. The van der Waals surface area contributed by atoms with E-state index in [4.69, 9.17) is 5.11 Å². The van der Waals surface area contributed by atoms with E-state index < -0.39 is 10.6 Å². The highest BCUT2D eigenvalue weighted by molar-refractivity contribution is 5.80. The first kappa shape index (κ1) is 8.00. The van der Waals surface area contributed by atoms with Gasteiger partial charge in [-0.2, -0.15) is 4.79 Å². The molecule has 0 spiro atoms. The summed E-state index contributed by atoms with van der Waals surface area (Å²) in [6.07, 6.45) is -1.08. The van der Waals surface area contributed by atoms with Crippen molar-refractivity contribution in [3.05, 3.63) is 0 Å². The van der Waals surface area contributed by atoms with Crippen molar-refractivity contribution in [2.75, 3.05) is 27.2 Å². The quantitative estimate of drug-likeness (QED) is 0.513. The maximum atomic E-state index is 11.2. The van der Waals surface area contributed by atoms with Gasteiger partial charge in [0.1, 0.15) is 6.54 Å². The van der Waals surface area contributed by atoms with Gasteiger partial charge in [-0.15, -0.1) is 4.48 Å². The monoisotopic (exact) mass is 159 g/mol. The number of nitrogens with zero attached hydrogens (tertiary/aromatic N) is 2. The number of likely N-dealkylation sites (N-methyl/N-ethyl adjacent to an activating group) is 2. The van der Waals surface area contributed by atoms with E-state index in [1.807, 2.05) is 0 Å². The lowest BCUT2D eigenvalue weighted by Gasteiger charge is -2.17. The summed E-state index contributed by atoms with van der Waals surface area (Å²) in [6, 6.07) is -0.350. The van der Waals surface area contributed by atoms with Crippen LogP contribution in [0.5, 0.6) is 0 Å². The Bertz CT molecular complexity index is 216. The van der Waals surface area contributed by atoms with E-state index in [2.05, 4.69) is 0 Å². The Hall–Kier alpha value is -1.10. The van der Waals surface area contributed by atoms with Crippen LogP contribution in [0.1, 0.15) is 0 Å². The molecule has 0 saturated carbocycles. The van der Waals surface area contributed by atoms with Crippen LogP contribution < -0.4 is 0 Å². The molecule has 1 fully saturated rings. The Morgan fingerprint density at radius 2 is 2.27 bits per heavy atom. The third-order valence-electron chi connectivity index (χ3n) is 2.05. The molecule has 3 amide bonds. The molecule has 0 aromatic heterocycles. The zero-order valence-electron chi connectivity index (χ0n) is 6.57. The van der Waals surface area contributed by atoms with Crippen molar-refractivity contribution >= 4 is 12.1 Å². The molecule has 0 radical (unpaired) electrons. The summed E-state index contributed by atoms with van der Waals surface area (Å²) < 4.78 is -0.517. The number of rotatable bonds is 0. The smallest absolute Gasteiger partial charge is 0.435 e. The third kappa shape index (κ3) is 0.970. The number of hydrogen-bond donors (Lipinski definition) is 1. The van der Waals surface area contributed by atoms with Gasteiger partial charge in [0.05, 0.1) is 13.6 Å². The number of amides is 3. The van der Waals surface area contributed by atoms with Gasteiger partial charge in [0, 0.05) is 7.05 Å². The van der Waals surface area contributed by atoms with Crippen LogP contribution in [-0.4, -0.2) is 53.8 Å². The summed E-state index contributed by atoms with van der Waals surface area (Å²) in [5.41, 5.74) is 0. The Balaban J connectivity index is 2.90. The van der Waals surface area contributed by atoms with Gasteiger partial charge in [-0.1, -0.05) is 0 Å². The van der Waals surface area contributed by atoms with Crippen molar-refractivity contribution in [2.45, 2.75) is 0 Å². The molecule has 1 unspecified atom stereocenters. The lowest BCUT2D eigenvalue weighted by Crippen LogP contribution is -2.50. The molecule has 11 heavy (non-hydrogen) atoms. The normalized spacial score (nSPS) is 31.1. The van der Waals surface area contributed by atoms with E-state index in [0.717, 1.165) is 0 Å². The van der Waals surface area contributed by atoms with E-state index in [1.54, 1.807) is 7.05 Å². The zero-order chi connectivity index (χ0) is 8.65. The van der Waals surface area contributed by atoms with Gasteiger partial charge in [0.15, 0.2) is 0 Å². The van der Waals surface area contributed by atoms with Crippen molar-refractivity contribution in [3.63, 3.8) is 0 Å². The average Bonchev–Trinajstić information content (AvgIpc) is 2.18. The first-order chi connectivity index (χ1) is 4.98. The second kappa shape index (κ2) is 2.20. The Kier molecular flexibility index (Phi) is 1.60. The predicted molar refractivity (Wildman–Crippen MR) is 37.1 cm³/mol. The molecule has 1 saturated heterocycles. The molecular weight excluding hydrogens is 148 g/mol. The van der Waals surface area contributed by atoms with Crippen LogP contribution in [0, 0.1) is 0 Å². The first-order valence-electron chi connectivity index (χ1n) is 3.33. The van der Waals surface area contributed by atoms with Crippen molar-refractivity contribution < 1.29 is 19.2 Å². The molecule has 0 aliphatic carbocycles. The molecule has 0 aromatic rings. The van der Waals surface area contributed by atoms with E-state index in [1.165, 1.54) is 11.9 Å². The fourth-order valence-electron chi connectivity index (χ4n) is 1.10. The number of carboxylic acid groups (broad SMARTS) is 1. The molecule has 0 bridgehead atoms. The molecule has 1 aliphatic rings. The van der Waals surface area contributed by atoms with Crippen LogP contribution >= 0.6 is 0 Å². The summed E-state index contributed by atoms with van der Waals surface area (Å²) in [7, 11) is 3.02. The fraction of sp³-hybridized carbons (Fsp3) is 0.667. The van der Waals surface area contributed by atoms with E-state index in [0.29, 0.717) is 13.1 Å². The summed E-state index contributed by atoms with van der Waals surface area (Å²) >= 11 is 0. The van der Waals surface area contributed by atoms with Crippen molar-refractivity contribution in [1.29, 1.82) is 0 Å². The van der Waals surface area contributed by atoms with Crippen LogP contribution in [0.2, 0.25) is 0 Å². The summed E-state index contributed by atoms with van der Waals surface area (Å²) in [5, 5.41) is 8.69. The summed E-state index contributed by atoms with van der Waals surface area (Å²) in [6.45, 7) is 0.867. The second-order valence-corrected chi connectivity index (χ2v) is 2.90. The molecule has 5 nitrogen and oxygen atoms in total. The van der Waals surface area contributed by atoms with Crippen LogP contribution in [0.3, 0.4) is 0 Å². The highest BCUT2D eigenvalue weighted by Gasteiger charge is 2.48. The minimum Gasteiger partial charge on any atom is -0.435 e. The number of quaternary nitrogens is 1. The van der Waals surface area contributed by atoms with Crippen LogP contribution in [0.4, 0.5) is 9.59 Å². The van der Waals surface area contributed by atoms with Gasteiger partial charge in [-0.05, 0) is 0 Å². The van der Waals surface area contributed by atoms with Crippen molar-refractivity contribution in [1.82, 2.24) is 4.90 Å². The lowest BCUT2D eigenvalue weighted by molar-refractivity contribution is -0.744. The highest BCUT2D eigenvalue weighted by Crippen LogP contribution is 2.14. The molecule has 5 heteroatoms. The molecule has 62 valence electrons. The van der Waals surface area contributed by atoms with E-state index in [-0.39, 0.29) is 6.03 Å². The minimum atomic E-state index is -1.08. The van der Waals surface area contributed by atoms with Gasteiger partial charge in [-0.25, -0.2) is 4.79 Å².